The molecule has 0 spiro atoms. The SMILES string of the molecule is COc1cc(CNC(=O)C(C)Cl)cc(OC)c1OC. The van der Waals surface area contributed by atoms with E-state index in [1.165, 1.54) is 7.11 Å². The summed E-state index contributed by atoms with van der Waals surface area (Å²) in [5.41, 5.74) is 0.833. The molecule has 0 aliphatic heterocycles. The van der Waals surface area contributed by atoms with E-state index in [1.54, 1.807) is 33.3 Å². The summed E-state index contributed by atoms with van der Waals surface area (Å²) in [5.74, 6) is 1.39. The van der Waals surface area contributed by atoms with Crippen molar-refractivity contribution in [3.05, 3.63) is 17.7 Å². The van der Waals surface area contributed by atoms with Crippen LogP contribution in [0.25, 0.3) is 0 Å². The highest BCUT2D eigenvalue weighted by molar-refractivity contribution is 6.30. The molecule has 1 aromatic rings. The van der Waals surface area contributed by atoms with Crippen molar-refractivity contribution < 1.29 is 19.0 Å². The number of hydrogen-bond acceptors (Lipinski definition) is 4. The summed E-state index contributed by atoms with van der Waals surface area (Å²) in [6.07, 6.45) is 0. The van der Waals surface area contributed by atoms with Gasteiger partial charge in [0, 0.05) is 6.54 Å². The molecule has 0 saturated heterocycles. The van der Waals surface area contributed by atoms with E-state index < -0.39 is 5.38 Å². The van der Waals surface area contributed by atoms with E-state index in [0.717, 1.165) is 5.56 Å². The first-order valence-electron chi connectivity index (χ1n) is 5.74. The molecule has 0 radical (unpaired) electrons. The van der Waals surface area contributed by atoms with Gasteiger partial charge < -0.3 is 19.5 Å². The van der Waals surface area contributed by atoms with E-state index in [1.807, 2.05) is 0 Å². The molecule has 1 N–H and O–H groups in total. The zero-order valence-electron chi connectivity index (χ0n) is 11.5. The third kappa shape index (κ3) is 3.92. The summed E-state index contributed by atoms with van der Waals surface area (Å²) in [5, 5.41) is 2.15. The van der Waals surface area contributed by atoms with Crippen molar-refractivity contribution in [2.75, 3.05) is 21.3 Å². The zero-order chi connectivity index (χ0) is 14.4. The average Bonchev–Trinajstić information content (AvgIpc) is 2.42. The number of hydrogen-bond donors (Lipinski definition) is 1. The van der Waals surface area contributed by atoms with Crippen molar-refractivity contribution >= 4 is 17.5 Å². The van der Waals surface area contributed by atoms with E-state index in [9.17, 15) is 4.79 Å². The number of amides is 1. The first kappa shape index (κ1) is 15.4. The van der Waals surface area contributed by atoms with Gasteiger partial charge >= 0.3 is 0 Å². The van der Waals surface area contributed by atoms with Gasteiger partial charge in [-0.15, -0.1) is 11.6 Å². The lowest BCUT2D eigenvalue weighted by molar-refractivity contribution is -0.120. The highest BCUT2D eigenvalue weighted by Gasteiger charge is 2.14. The van der Waals surface area contributed by atoms with Gasteiger partial charge in [0.1, 0.15) is 5.38 Å². The molecule has 1 rings (SSSR count). The molecule has 1 aromatic carbocycles. The lowest BCUT2D eigenvalue weighted by Gasteiger charge is -2.14. The molecule has 0 saturated carbocycles. The molecule has 0 heterocycles. The zero-order valence-corrected chi connectivity index (χ0v) is 12.2. The summed E-state index contributed by atoms with van der Waals surface area (Å²) in [6.45, 7) is 1.96. The topological polar surface area (TPSA) is 56.8 Å². The Hall–Kier alpha value is -1.62. The fraction of sp³-hybridized carbons (Fsp3) is 0.462. The molecular formula is C13H18ClNO4. The third-order valence-corrected chi connectivity index (χ3v) is 2.75. The normalized spacial score (nSPS) is 11.6. The number of alkyl halides is 1. The smallest absolute Gasteiger partial charge is 0.238 e. The average molecular weight is 288 g/mol. The van der Waals surface area contributed by atoms with Crippen molar-refractivity contribution in [2.24, 2.45) is 0 Å². The summed E-state index contributed by atoms with van der Waals surface area (Å²) in [4.78, 5) is 11.4. The number of nitrogens with one attached hydrogen (secondary N) is 1. The predicted molar refractivity (Wildman–Crippen MR) is 73.3 cm³/mol. The van der Waals surface area contributed by atoms with Crippen LogP contribution >= 0.6 is 11.6 Å². The molecule has 106 valence electrons. The Bertz CT molecular complexity index is 423. The van der Waals surface area contributed by atoms with Crippen LogP contribution in [0.3, 0.4) is 0 Å². The number of methoxy groups -OCH3 is 3. The Morgan fingerprint density at radius 1 is 1.21 bits per heavy atom. The van der Waals surface area contributed by atoms with Gasteiger partial charge in [-0.25, -0.2) is 0 Å². The van der Waals surface area contributed by atoms with E-state index in [0.29, 0.717) is 23.8 Å². The van der Waals surface area contributed by atoms with Crippen LogP contribution in [0.1, 0.15) is 12.5 Å². The maximum Gasteiger partial charge on any atom is 0.238 e. The molecule has 0 aromatic heterocycles. The van der Waals surface area contributed by atoms with Crippen LogP contribution in [0, 0.1) is 0 Å². The van der Waals surface area contributed by atoms with Crippen molar-refractivity contribution in [1.29, 1.82) is 0 Å². The number of ether oxygens (including phenoxy) is 3. The Morgan fingerprint density at radius 3 is 2.11 bits per heavy atom. The number of benzene rings is 1. The minimum Gasteiger partial charge on any atom is -0.493 e. The van der Waals surface area contributed by atoms with Gasteiger partial charge in [0.05, 0.1) is 21.3 Å². The highest BCUT2D eigenvalue weighted by atomic mass is 35.5. The maximum absolute atomic E-state index is 11.4. The fourth-order valence-corrected chi connectivity index (χ4v) is 1.64. The molecule has 1 unspecified atom stereocenters. The molecule has 6 heteroatoms. The molecule has 5 nitrogen and oxygen atoms in total. The summed E-state index contributed by atoms with van der Waals surface area (Å²) < 4.78 is 15.7. The molecule has 1 atom stereocenters. The minimum absolute atomic E-state index is 0.226. The summed E-state index contributed by atoms with van der Waals surface area (Å²) >= 11 is 5.68. The predicted octanol–water partition coefficient (Wildman–Crippen LogP) is 1.96. The van der Waals surface area contributed by atoms with Gasteiger partial charge in [-0.1, -0.05) is 0 Å². The molecular weight excluding hydrogens is 270 g/mol. The number of halogens is 1. The van der Waals surface area contributed by atoms with Crippen LogP contribution in [0.5, 0.6) is 17.2 Å². The number of carbonyl (C=O) groups excluding carboxylic acids is 1. The quantitative estimate of drug-likeness (QED) is 0.813. The Labute approximate surface area is 117 Å². The first-order valence-corrected chi connectivity index (χ1v) is 6.17. The van der Waals surface area contributed by atoms with Crippen LogP contribution in [0.15, 0.2) is 12.1 Å². The van der Waals surface area contributed by atoms with Crippen LogP contribution in [0.4, 0.5) is 0 Å². The van der Waals surface area contributed by atoms with Crippen molar-refractivity contribution in [1.82, 2.24) is 5.32 Å². The van der Waals surface area contributed by atoms with Crippen LogP contribution in [-0.4, -0.2) is 32.6 Å². The van der Waals surface area contributed by atoms with E-state index in [2.05, 4.69) is 5.32 Å². The molecule has 1 amide bonds. The monoisotopic (exact) mass is 287 g/mol. The van der Waals surface area contributed by atoms with Gasteiger partial charge in [0.25, 0.3) is 0 Å². The second-order valence-electron chi connectivity index (χ2n) is 3.87. The highest BCUT2D eigenvalue weighted by Crippen LogP contribution is 2.38. The van der Waals surface area contributed by atoms with Crippen molar-refractivity contribution in [3.63, 3.8) is 0 Å². The Morgan fingerprint density at radius 2 is 1.74 bits per heavy atom. The van der Waals surface area contributed by atoms with Crippen molar-refractivity contribution in [3.8, 4) is 17.2 Å². The molecule has 0 aliphatic carbocycles. The van der Waals surface area contributed by atoms with Gasteiger partial charge in [0.15, 0.2) is 11.5 Å². The second kappa shape index (κ2) is 7.09. The van der Waals surface area contributed by atoms with Gasteiger partial charge in [-0.3, -0.25) is 4.79 Å². The number of carbonyl (C=O) groups is 1. The Kier molecular flexibility index (Phi) is 5.76. The summed E-state index contributed by atoms with van der Waals surface area (Å²) in [7, 11) is 4.62. The van der Waals surface area contributed by atoms with Crippen molar-refractivity contribution in [2.45, 2.75) is 18.8 Å². The lowest BCUT2D eigenvalue weighted by atomic mass is 10.1. The van der Waals surface area contributed by atoms with Gasteiger partial charge in [0.2, 0.25) is 11.7 Å². The lowest BCUT2D eigenvalue weighted by Crippen LogP contribution is -2.29. The molecule has 0 aliphatic rings. The summed E-state index contributed by atoms with van der Waals surface area (Å²) in [6, 6.07) is 3.56. The van der Waals surface area contributed by atoms with Gasteiger partial charge in [-0.2, -0.15) is 0 Å². The van der Waals surface area contributed by atoms with Gasteiger partial charge in [-0.05, 0) is 24.6 Å². The van der Waals surface area contributed by atoms with E-state index in [-0.39, 0.29) is 5.91 Å². The van der Waals surface area contributed by atoms with Crippen LogP contribution in [0.2, 0.25) is 0 Å². The number of rotatable bonds is 6. The fourth-order valence-electron chi connectivity index (χ4n) is 1.57. The van der Waals surface area contributed by atoms with Crippen LogP contribution in [-0.2, 0) is 11.3 Å². The van der Waals surface area contributed by atoms with E-state index >= 15 is 0 Å². The minimum atomic E-state index is -0.568. The maximum atomic E-state index is 11.4. The Balaban J connectivity index is 2.93. The van der Waals surface area contributed by atoms with Crippen LogP contribution < -0.4 is 19.5 Å². The second-order valence-corrected chi connectivity index (χ2v) is 4.52. The molecule has 0 fully saturated rings. The van der Waals surface area contributed by atoms with E-state index in [4.69, 9.17) is 25.8 Å². The third-order valence-electron chi connectivity index (χ3n) is 2.55. The largest absolute Gasteiger partial charge is 0.493 e. The molecule has 0 bridgehead atoms. The standard InChI is InChI=1S/C13H18ClNO4/c1-8(14)13(16)15-7-9-5-10(17-2)12(19-4)11(6-9)18-3/h5-6,8H,7H2,1-4H3,(H,15,16). The first-order chi connectivity index (χ1) is 9.03. The molecule has 19 heavy (non-hydrogen) atoms.